The van der Waals surface area contributed by atoms with Crippen LogP contribution in [0, 0.1) is 17.2 Å². The predicted octanol–water partition coefficient (Wildman–Crippen LogP) is 1.71. The molecule has 2 aliphatic rings. The molecular weight excluding hydrogens is 198 g/mol. The monoisotopic (exact) mass is 221 g/mol. The molecule has 0 bridgehead atoms. The highest BCUT2D eigenvalue weighted by atomic mass is 15.2. The average Bonchev–Trinajstić information content (AvgIpc) is 2.31. The molecule has 0 aromatic rings. The van der Waals surface area contributed by atoms with Crippen molar-refractivity contribution >= 4 is 0 Å². The van der Waals surface area contributed by atoms with Crippen molar-refractivity contribution in [3.05, 3.63) is 0 Å². The standard InChI is InChI=1S/C13H23N3/c14-6-10-16-9-4-5-13(12-16)11-15-7-2-1-3-8-15/h13H,1-5,7-12H2. The van der Waals surface area contributed by atoms with Crippen LogP contribution in [0.1, 0.15) is 32.1 Å². The van der Waals surface area contributed by atoms with Crippen LogP contribution >= 0.6 is 0 Å². The van der Waals surface area contributed by atoms with E-state index in [0.717, 1.165) is 19.0 Å². The van der Waals surface area contributed by atoms with Gasteiger partial charge in [0.05, 0.1) is 12.6 Å². The normalized spacial score (nSPS) is 28.8. The van der Waals surface area contributed by atoms with E-state index < -0.39 is 0 Å². The summed E-state index contributed by atoms with van der Waals surface area (Å²) < 4.78 is 0. The van der Waals surface area contributed by atoms with Crippen molar-refractivity contribution in [2.45, 2.75) is 32.1 Å². The second kappa shape index (κ2) is 6.22. The first-order chi connectivity index (χ1) is 7.88. The SMILES string of the molecule is N#CCN1CCCC(CN2CCCCC2)C1. The van der Waals surface area contributed by atoms with Gasteiger partial charge in [-0.2, -0.15) is 5.26 Å². The minimum absolute atomic E-state index is 0.622. The first-order valence-electron chi connectivity index (χ1n) is 6.70. The van der Waals surface area contributed by atoms with E-state index in [-0.39, 0.29) is 0 Å². The number of likely N-dealkylation sites (tertiary alicyclic amines) is 2. The van der Waals surface area contributed by atoms with E-state index in [9.17, 15) is 0 Å². The smallest absolute Gasteiger partial charge is 0.0866 e. The van der Waals surface area contributed by atoms with Crippen LogP contribution in [-0.4, -0.2) is 49.1 Å². The molecule has 0 aliphatic carbocycles. The highest BCUT2D eigenvalue weighted by Gasteiger charge is 2.22. The fourth-order valence-electron chi connectivity index (χ4n) is 3.05. The van der Waals surface area contributed by atoms with E-state index in [4.69, 9.17) is 5.26 Å². The second-order valence-corrected chi connectivity index (χ2v) is 5.26. The Hall–Kier alpha value is -0.590. The van der Waals surface area contributed by atoms with E-state index in [1.165, 1.54) is 51.7 Å². The van der Waals surface area contributed by atoms with Crippen molar-refractivity contribution < 1.29 is 0 Å². The summed E-state index contributed by atoms with van der Waals surface area (Å²) in [6.45, 7) is 6.76. The lowest BCUT2D eigenvalue weighted by atomic mass is 9.96. The number of hydrogen-bond acceptors (Lipinski definition) is 3. The Balaban J connectivity index is 1.74. The fourth-order valence-corrected chi connectivity index (χ4v) is 3.05. The fraction of sp³-hybridized carbons (Fsp3) is 0.923. The summed E-state index contributed by atoms with van der Waals surface area (Å²) in [4.78, 5) is 4.95. The van der Waals surface area contributed by atoms with Crippen molar-refractivity contribution in [1.82, 2.24) is 9.80 Å². The quantitative estimate of drug-likeness (QED) is 0.680. The summed E-state index contributed by atoms with van der Waals surface area (Å²) in [7, 11) is 0. The van der Waals surface area contributed by atoms with Gasteiger partial charge in [0.15, 0.2) is 0 Å². The number of nitriles is 1. The van der Waals surface area contributed by atoms with E-state index in [2.05, 4.69) is 15.9 Å². The molecular formula is C13H23N3. The maximum atomic E-state index is 8.72. The Morgan fingerprint density at radius 1 is 1.00 bits per heavy atom. The molecule has 2 saturated heterocycles. The highest BCUT2D eigenvalue weighted by Crippen LogP contribution is 2.19. The minimum atomic E-state index is 0.622. The van der Waals surface area contributed by atoms with E-state index in [1.54, 1.807) is 0 Å². The molecule has 3 nitrogen and oxygen atoms in total. The van der Waals surface area contributed by atoms with Gasteiger partial charge < -0.3 is 4.90 Å². The van der Waals surface area contributed by atoms with Crippen LogP contribution in [0.3, 0.4) is 0 Å². The highest BCUT2D eigenvalue weighted by molar-refractivity contribution is 4.82. The van der Waals surface area contributed by atoms with Crippen molar-refractivity contribution in [2.24, 2.45) is 5.92 Å². The van der Waals surface area contributed by atoms with Gasteiger partial charge in [-0.1, -0.05) is 6.42 Å². The van der Waals surface area contributed by atoms with Gasteiger partial charge in [0.1, 0.15) is 0 Å². The molecule has 0 spiro atoms. The lowest BCUT2D eigenvalue weighted by molar-refractivity contribution is 0.130. The average molecular weight is 221 g/mol. The third-order valence-corrected chi connectivity index (χ3v) is 3.86. The van der Waals surface area contributed by atoms with Crippen molar-refractivity contribution in [3.8, 4) is 6.07 Å². The summed E-state index contributed by atoms with van der Waals surface area (Å²) in [5.74, 6) is 0.806. The molecule has 0 radical (unpaired) electrons. The van der Waals surface area contributed by atoms with Gasteiger partial charge in [-0.05, 0) is 51.2 Å². The zero-order chi connectivity index (χ0) is 11.2. The van der Waals surface area contributed by atoms with Crippen LogP contribution in [0.25, 0.3) is 0 Å². The molecule has 0 aromatic carbocycles. The largest absolute Gasteiger partial charge is 0.303 e. The molecule has 0 aromatic heterocycles. The molecule has 2 rings (SSSR count). The lowest BCUT2D eigenvalue weighted by Crippen LogP contribution is -2.42. The number of nitrogens with zero attached hydrogens (tertiary/aromatic N) is 3. The molecule has 0 N–H and O–H groups in total. The molecule has 2 fully saturated rings. The maximum Gasteiger partial charge on any atom is 0.0866 e. The zero-order valence-electron chi connectivity index (χ0n) is 10.2. The van der Waals surface area contributed by atoms with Gasteiger partial charge in [0.2, 0.25) is 0 Å². The van der Waals surface area contributed by atoms with Gasteiger partial charge in [-0.15, -0.1) is 0 Å². The molecule has 0 saturated carbocycles. The first kappa shape index (κ1) is 11.9. The molecule has 2 heterocycles. The van der Waals surface area contributed by atoms with Gasteiger partial charge in [0.25, 0.3) is 0 Å². The van der Waals surface area contributed by atoms with Crippen LogP contribution in [0.5, 0.6) is 0 Å². The predicted molar refractivity (Wildman–Crippen MR) is 65.1 cm³/mol. The third kappa shape index (κ3) is 3.47. The summed E-state index contributed by atoms with van der Waals surface area (Å²) in [6.07, 6.45) is 6.82. The molecule has 90 valence electrons. The Morgan fingerprint density at radius 2 is 1.75 bits per heavy atom. The Morgan fingerprint density at radius 3 is 2.50 bits per heavy atom. The lowest BCUT2D eigenvalue weighted by Gasteiger charge is -2.35. The topological polar surface area (TPSA) is 30.3 Å². The van der Waals surface area contributed by atoms with E-state index in [0.29, 0.717) is 6.54 Å². The Bertz CT molecular complexity index is 240. The van der Waals surface area contributed by atoms with Crippen LogP contribution < -0.4 is 0 Å². The van der Waals surface area contributed by atoms with Crippen LogP contribution in [0.15, 0.2) is 0 Å². The summed E-state index contributed by atoms with van der Waals surface area (Å²) in [5, 5.41) is 8.72. The minimum Gasteiger partial charge on any atom is -0.303 e. The van der Waals surface area contributed by atoms with Crippen LogP contribution in [0.2, 0.25) is 0 Å². The van der Waals surface area contributed by atoms with Crippen LogP contribution in [0.4, 0.5) is 0 Å². The van der Waals surface area contributed by atoms with Crippen molar-refractivity contribution in [3.63, 3.8) is 0 Å². The van der Waals surface area contributed by atoms with Gasteiger partial charge in [-0.25, -0.2) is 0 Å². The zero-order valence-corrected chi connectivity index (χ0v) is 10.2. The van der Waals surface area contributed by atoms with E-state index >= 15 is 0 Å². The number of piperidine rings is 2. The van der Waals surface area contributed by atoms with Gasteiger partial charge in [-0.3, -0.25) is 4.90 Å². The second-order valence-electron chi connectivity index (χ2n) is 5.26. The summed E-state index contributed by atoms with van der Waals surface area (Å²) in [6, 6.07) is 2.27. The van der Waals surface area contributed by atoms with Gasteiger partial charge >= 0.3 is 0 Å². The van der Waals surface area contributed by atoms with Gasteiger partial charge in [0, 0.05) is 13.1 Å². The molecule has 1 unspecified atom stereocenters. The third-order valence-electron chi connectivity index (χ3n) is 3.86. The van der Waals surface area contributed by atoms with Crippen LogP contribution in [-0.2, 0) is 0 Å². The molecule has 3 heteroatoms. The van der Waals surface area contributed by atoms with Crippen molar-refractivity contribution in [2.75, 3.05) is 39.3 Å². The molecule has 1 atom stereocenters. The van der Waals surface area contributed by atoms with E-state index in [1.807, 2.05) is 0 Å². The maximum absolute atomic E-state index is 8.72. The first-order valence-corrected chi connectivity index (χ1v) is 6.70. The number of hydrogen-bond donors (Lipinski definition) is 0. The molecule has 0 amide bonds. The Kier molecular flexibility index (Phi) is 4.62. The molecule has 16 heavy (non-hydrogen) atoms. The summed E-state index contributed by atoms with van der Waals surface area (Å²) in [5.41, 5.74) is 0. The van der Waals surface area contributed by atoms with Crippen molar-refractivity contribution in [1.29, 1.82) is 5.26 Å². The Labute approximate surface area is 99.0 Å². The summed E-state index contributed by atoms with van der Waals surface area (Å²) >= 11 is 0. The molecule has 2 aliphatic heterocycles. The number of rotatable bonds is 3.